The SMILES string of the molecule is NC(N)=NCCCC(=S)Nc1ccc(CC(S)NC(=O)C2CCCN2)cc1. The van der Waals surface area contributed by atoms with Gasteiger partial charge in [-0.1, -0.05) is 24.4 Å². The molecule has 9 heteroatoms. The highest BCUT2D eigenvalue weighted by atomic mass is 32.1. The monoisotopic (exact) mass is 408 g/mol. The Kier molecular flexibility index (Phi) is 8.83. The minimum Gasteiger partial charge on any atom is -0.370 e. The molecule has 1 heterocycles. The molecule has 2 atom stereocenters. The first-order valence-corrected chi connectivity index (χ1v) is 10.0. The molecule has 7 nitrogen and oxygen atoms in total. The van der Waals surface area contributed by atoms with Crippen molar-refractivity contribution in [2.75, 3.05) is 18.4 Å². The number of benzene rings is 1. The summed E-state index contributed by atoms with van der Waals surface area (Å²) in [6.45, 7) is 1.47. The summed E-state index contributed by atoms with van der Waals surface area (Å²) in [5.41, 5.74) is 12.6. The standard InChI is InChI=1S/C18H28N6OS2/c19-18(20)22-10-2-4-15(26)23-13-7-5-12(6-8-13)11-16(27)24-17(25)14-3-1-9-21-14/h5-8,14,16,21,27H,1-4,9-11H2,(H,23,26)(H,24,25)(H4,19,20,22). The third kappa shape index (κ3) is 8.15. The zero-order valence-electron chi connectivity index (χ0n) is 15.3. The van der Waals surface area contributed by atoms with Gasteiger partial charge in [-0.15, -0.1) is 0 Å². The van der Waals surface area contributed by atoms with Gasteiger partial charge in [-0.3, -0.25) is 9.79 Å². The average Bonchev–Trinajstić information content (AvgIpc) is 3.15. The minimum absolute atomic E-state index is 0.0249. The van der Waals surface area contributed by atoms with Crippen LogP contribution in [0, 0.1) is 0 Å². The molecule has 1 aromatic carbocycles. The summed E-state index contributed by atoms with van der Waals surface area (Å²) in [6, 6.07) is 7.87. The van der Waals surface area contributed by atoms with Gasteiger partial charge < -0.3 is 27.4 Å². The van der Waals surface area contributed by atoms with Gasteiger partial charge in [-0.2, -0.15) is 12.6 Å². The molecule has 148 valence electrons. The quantitative estimate of drug-likeness (QED) is 0.0911. The zero-order chi connectivity index (χ0) is 19.6. The number of rotatable bonds is 9. The smallest absolute Gasteiger partial charge is 0.238 e. The molecule has 0 aliphatic carbocycles. The first kappa shape index (κ1) is 21.5. The Bertz CT molecular complexity index is 654. The molecule has 1 aliphatic heterocycles. The van der Waals surface area contributed by atoms with Gasteiger partial charge in [-0.25, -0.2) is 0 Å². The van der Waals surface area contributed by atoms with Crippen molar-refractivity contribution in [2.45, 2.75) is 43.5 Å². The molecule has 0 bridgehead atoms. The number of nitrogens with one attached hydrogen (secondary N) is 3. The number of anilines is 1. The van der Waals surface area contributed by atoms with Gasteiger partial charge in [0, 0.05) is 18.7 Å². The lowest BCUT2D eigenvalue weighted by Crippen LogP contribution is -2.44. The zero-order valence-corrected chi connectivity index (χ0v) is 17.0. The molecule has 2 unspecified atom stereocenters. The summed E-state index contributed by atoms with van der Waals surface area (Å²) in [6.07, 6.45) is 4.09. The highest BCUT2D eigenvalue weighted by Gasteiger charge is 2.23. The van der Waals surface area contributed by atoms with E-state index >= 15 is 0 Å². The van der Waals surface area contributed by atoms with Crippen LogP contribution in [0.2, 0.25) is 0 Å². The fraction of sp³-hybridized carbons (Fsp3) is 0.500. The minimum atomic E-state index is -0.213. The van der Waals surface area contributed by atoms with E-state index in [0.717, 1.165) is 42.0 Å². The van der Waals surface area contributed by atoms with Crippen LogP contribution in [0.15, 0.2) is 29.3 Å². The van der Waals surface area contributed by atoms with E-state index in [2.05, 4.69) is 33.6 Å². The van der Waals surface area contributed by atoms with E-state index in [4.69, 9.17) is 23.7 Å². The molecule has 1 aromatic rings. The molecule has 7 N–H and O–H groups in total. The van der Waals surface area contributed by atoms with Crippen molar-refractivity contribution in [2.24, 2.45) is 16.5 Å². The van der Waals surface area contributed by atoms with Crippen molar-refractivity contribution < 1.29 is 4.79 Å². The predicted molar refractivity (Wildman–Crippen MR) is 118 cm³/mol. The van der Waals surface area contributed by atoms with E-state index in [0.29, 0.717) is 19.4 Å². The molecule has 0 aromatic heterocycles. The Morgan fingerprint density at radius 1 is 1.37 bits per heavy atom. The van der Waals surface area contributed by atoms with Gasteiger partial charge in [0.05, 0.1) is 16.4 Å². The van der Waals surface area contributed by atoms with Gasteiger partial charge in [0.15, 0.2) is 5.96 Å². The number of hydrogen-bond donors (Lipinski definition) is 6. The van der Waals surface area contributed by atoms with Crippen LogP contribution in [0.1, 0.15) is 31.2 Å². The number of guanidine groups is 1. The second kappa shape index (κ2) is 11.1. The van der Waals surface area contributed by atoms with Crippen molar-refractivity contribution in [1.29, 1.82) is 0 Å². The normalized spacial score (nSPS) is 17.1. The van der Waals surface area contributed by atoms with Crippen LogP contribution in [0.4, 0.5) is 5.69 Å². The number of thiol groups is 1. The third-order valence-corrected chi connectivity index (χ3v) is 4.83. The first-order valence-electron chi connectivity index (χ1n) is 9.10. The van der Waals surface area contributed by atoms with Gasteiger partial charge in [0.2, 0.25) is 5.91 Å². The van der Waals surface area contributed by atoms with Crippen molar-refractivity contribution in [3.8, 4) is 0 Å². The van der Waals surface area contributed by atoms with Crippen LogP contribution < -0.4 is 27.4 Å². The molecular weight excluding hydrogens is 380 g/mol. The van der Waals surface area contributed by atoms with Crippen molar-refractivity contribution in [3.05, 3.63) is 29.8 Å². The van der Waals surface area contributed by atoms with E-state index in [1.165, 1.54) is 0 Å². The molecule has 1 amide bonds. The second-order valence-electron chi connectivity index (χ2n) is 6.53. The molecule has 1 fully saturated rings. The number of thiocarbonyl (C=S) groups is 1. The summed E-state index contributed by atoms with van der Waals surface area (Å²) in [5.74, 6) is 0.125. The van der Waals surface area contributed by atoms with Crippen LogP contribution in [0.5, 0.6) is 0 Å². The third-order valence-electron chi connectivity index (χ3n) is 4.21. The lowest BCUT2D eigenvalue weighted by molar-refractivity contribution is -0.122. The molecule has 0 radical (unpaired) electrons. The van der Waals surface area contributed by atoms with E-state index in [9.17, 15) is 4.79 Å². The van der Waals surface area contributed by atoms with Gasteiger partial charge in [-0.05, 0) is 49.9 Å². The second-order valence-corrected chi connectivity index (χ2v) is 7.65. The Balaban J connectivity index is 1.73. The van der Waals surface area contributed by atoms with Crippen LogP contribution in [0.25, 0.3) is 0 Å². The number of carbonyl (C=O) groups excluding carboxylic acids is 1. The predicted octanol–water partition coefficient (Wildman–Crippen LogP) is 1.15. The Labute approximate surface area is 171 Å². The highest BCUT2D eigenvalue weighted by molar-refractivity contribution is 7.81. The van der Waals surface area contributed by atoms with E-state index < -0.39 is 0 Å². The Hall–Kier alpha value is -1.84. The number of nitrogens with zero attached hydrogens (tertiary/aromatic N) is 1. The lowest BCUT2D eigenvalue weighted by atomic mass is 10.1. The summed E-state index contributed by atoms with van der Waals surface area (Å²) in [4.78, 5) is 16.8. The average molecular weight is 409 g/mol. The fourth-order valence-electron chi connectivity index (χ4n) is 2.84. The van der Waals surface area contributed by atoms with Crippen LogP contribution in [-0.2, 0) is 11.2 Å². The summed E-state index contributed by atoms with van der Waals surface area (Å²) < 4.78 is 0. The van der Waals surface area contributed by atoms with E-state index in [-0.39, 0.29) is 23.3 Å². The first-order chi connectivity index (χ1) is 12.9. The van der Waals surface area contributed by atoms with Gasteiger partial charge in [0.1, 0.15) is 0 Å². The highest BCUT2D eigenvalue weighted by Crippen LogP contribution is 2.14. The molecular formula is C18H28N6OS2. The van der Waals surface area contributed by atoms with Crippen LogP contribution >= 0.6 is 24.8 Å². The van der Waals surface area contributed by atoms with Gasteiger partial charge in [0.25, 0.3) is 0 Å². The van der Waals surface area contributed by atoms with E-state index in [1.54, 1.807) is 0 Å². The topological polar surface area (TPSA) is 118 Å². The maximum atomic E-state index is 12.1. The molecule has 1 saturated heterocycles. The molecule has 0 spiro atoms. The van der Waals surface area contributed by atoms with Crippen LogP contribution in [-0.4, -0.2) is 41.4 Å². The largest absolute Gasteiger partial charge is 0.370 e. The number of carbonyl (C=O) groups is 1. The summed E-state index contributed by atoms with van der Waals surface area (Å²) >= 11 is 9.82. The van der Waals surface area contributed by atoms with Gasteiger partial charge >= 0.3 is 0 Å². The fourth-order valence-corrected chi connectivity index (χ4v) is 3.44. The number of amides is 1. The molecule has 0 saturated carbocycles. The van der Waals surface area contributed by atoms with Crippen LogP contribution in [0.3, 0.4) is 0 Å². The number of hydrogen-bond acceptors (Lipinski definition) is 5. The Morgan fingerprint density at radius 2 is 2.11 bits per heavy atom. The summed E-state index contributed by atoms with van der Waals surface area (Å²) in [5, 5.41) is 9.13. The number of nitrogens with two attached hydrogens (primary N) is 2. The number of aliphatic imine (C=N–C) groups is 1. The lowest BCUT2D eigenvalue weighted by Gasteiger charge is -2.17. The van der Waals surface area contributed by atoms with E-state index in [1.807, 2.05) is 24.3 Å². The molecule has 2 rings (SSSR count). The maximum Gasteiger partial charge on any atom is 0.238 e. The van der Waals surface area contributed by atoms with Crippen molar-refractivity contribution in [3.63, 3.8) is 0 Å². The summed E-state index contributed by atoms with van der Waals surface area (Å²) in [7, 11) is 0. The molecule has 1 aliphatic rings. The maximum absolute atomic E-state index is 12.1. The Morgan fingerprint density at radius 3 is 2.74 bits per heavy atom. The van der Waals surface area contributed by atoms with Crippen molar-refractivity contribution >= 4 is 47.4 Å². The molecule has 27 heavy (non-hydrogen) atoms. The van der Waals surface area contributed by atoms with Crippen molar-refractivity contribution in [1.82, 2.24) is 10.6 Å².